The van der Waals surface area contributed by atoms with Crippen LogP contribution in [0.4, 0.5) is 0 Å². The fraction of sp³-hybridized carbons (Fsp3) is 0.800. The molecule has 0 amide bonds. The van der Waals surface area contributed by atoms with Crippen molar-refractivity contribution in [2.24, 2.45) is 22.1 Å². The summed E-state index contributed by atoms with van der Waals surface area (Å²) in [5, 5.41) is 24.9. The van der Waals surface area contributed by atoms with Crippen molar-refractivity contribution in [1.29, 1.82) is 0 Å². The Morgan fingerprint density at radius 1 is 0.812 bits per heavy atom. The van der Waals surface area contributed by atoms with Gasteiger partial charge >= 0.3 is 11.9 Å². The van der Waals surface area contributed by atoms with Crippen molar-refractivity contribution in [1.82, 2.24) is 0 Å². The van der Waals surface area contributed by atoms with Crippen LogP contribution >= 0.6 is 0 Å². The molecule has 0 aromatic heterocycles. The molecule has 16 heavy (non-hydrogen) atoms. The first-order chi connectivity index (χ1) is 7.27. The average molecular weight is 230 g/mol. The maximum atomic E-state index is 10.8. The second-order valence-electron chi connectivity index (χ2n) is 4.29. The van der Waals surface area contributed by atoms with Crippen LogP contribution < -0.4 is 0 Å². The number of carboxylic acids is 2. The minimum absolute atomic E-state index is 0.220. The summed E-state index contributed by atoms with van der Waals surface area (Å²) in [5.41, 5.74) is 0. The third-order valence-electron chi connectivity index (χ3n) is 2.08. The van der Waals surface area contributed by atoms with Gasteiger partial charge in [0, 0.05) is 0 Å². The SMILES string of the molecule is CC(C)C(/N=N/C(C(=O)O)C(C)C)C(=O)O. The number of azo groups is 1. The molecule has 6 nitrogen and oxygen atoms in total. The van der Waals surface area contributed by atoms with Gasteiger partial charge < -0.3 is 10.2 Å². The van der Waals surface area contributed by atoms with Crippen LogP contribution in [0.25, 0.3) is 0 Å². The topological polar surface area (TPSA) is 99.3 Å². The molecule has 0 aliphatic heterocycles. The number of rotatable bonds is 6. The van der Waals surface area contributed by atoms with E-state index in [4.69, 9.17) is 10.2 Å². The molecule has 0 radical (unpaired) electrons. The number of hydrogen-bond donors (Lipinski definition) is 2. The maximum absolute atomic E-state index is 10.8. The predicted octanol–water partition coefficient (Wildman–Crippen LogP) is 1.66. The van der Waals surface area contributed by atoms with E-state index in [9.17, 15) is 9.59 Å². The molecule has 92 valence electrons. The highest BCUT2D eigenvalue weighted by Crippen LogP contribution is 2.12. The fourth-order valence-electron chi connectivity index (χ4n) is 1.08. The normalized spacial score (nSPS) is 15.6. The third kappa shape index (κ3) is 4.37. The molecule has 0 heterocycles. The third-order valence-corrected chi connectivity index (χ3v) is 2.08. The number of nitrogens with zero attached hydrogens (tertiary/aromatic N) is 2. The number of hydrogen-bond acceptors (Lipinski definition) is 4. The quantitative estimate of drug-likeness (QED) is 0.677. The summed E-state index contributed by atoms with van der Waals surface area (Å²) in [6.45, 7) is 6.79. The van der Waals surface area contributed by atoms with E-state index in [1.807, 2.05) is 0 Å². The first kappa shape index (κ1) is 14.5. The average Bonchev–Trinajstić information content (AvgIpc) is 2.09. The number of carbonyl (C=O) groups is 2. The first-order valence-corrected chi connectivity index (χ1v) is 5.13. The van der Waals surface area contributed by atoms with Gasteiger partial charge in [0.25, 0.3) is 0 Å². The molecule has 0 saturated carbocycles. The summed E-state index contributed by atoms with van der Waals surface area (Å²) in [6, 6.07) is -1.97. The standard InChI is InChI=1S/C10H18N2O4/c1-5(2)7(9(13)14)11-12-8(6(3)4)10(15)16/h5-8H,1-4H3,(H,13,14)(H,15,16)/b12-11+. The lowest BCUT2D eigenvalue weighted by Crippen LogP contribution is -2.27. The van der Waals surface area contributed by atoms with Crippen LogP contribution in [0.1, 0.15) is 27.7 Å². The lowest BCUT2D eigenvalue weighted by atomic mass is 10.1. The molecule has 0 aromatic carbocycles. The van der Waals surface area contributed by atoms with Crippen molar-refractivity contribution in [3.05, 3.63) is 0 Å². The van der Waals surface area contributed by atoms with Crippen molar-refractivity contribution in [3.63, 3.8) is 0 Å². The van der Waals surface area contributed by atoms with Gasteiger partial charge in [0.2, 0.25) is 0 Å². The van der Waals surface area contributed by atoms with E-state index >= 15 is 0 Å². The van der Waals surface area contributed by atoms with Crippen LogP contribution in [0.15, 0.2) is 10.2 Å². The maximum Gasteiger partial charge on any atom is 0.330 e. The van der Waals surface area contributed by atoms with Crippen LogP contribution in [0.5, 0.6) is 0 Å². The minimum Gasteiger partial charge on any atom is -0.480 e. The summed E-state index contributed by atoms with van der Waals surface area (Å²) < 4.78 is 0. The monoisotopic (exact) mass is 230 g/mol. The van der Waals surface area contributed by atoms with Crippen LogP contribution in [0, 0.1) is 11.8 Å². The smallest absolute Gasteiger partial charge is 0.330 e. The molecule has 0 rings (SSSR count). The summed E-state index contributed by atoms with van der Waals surface area (Å²) in [5.74, 6) is -2.62. The van der Waals surface area contributed by atoms with E-state index in [1.54, 1.807) is 27.7 Å². The molecule has 6 heteroatoms. The van der Waals surface area contributed by atoms with Gasteiger partial charge in [0.1, 0.15) is 0 Å². The highest BCUT2D eigenvalue weighted by molar-refractivity contribution is 5.75. The summed E-state index contributed by atoms with van der Waals surface area (Å²) in [4.78, 5) is 21.6. The van der Waals surface area contributed by atoms with Crippen molar-refractivity contribution in [3.8, 4) is 0 Å². The highest BCUT2D eigenvalue weighted by Gasteiger charge is 2.24. The summed E-state index contributed by atoms with van der Waals surface area (Å²) >= 11 is 0. The Morgan fingerprint density at radius 3 is 1.19 bits per heavy atom. The lowest BCUT2D eigenvalue weighted by molar-refractivity contribution is -0.141. The van der Waals surface area contributed by atoms with Gasteiger partial charge in [0.05, 0.1) is 0 Å². The second kappa shape index (κ2) is 6.19. The van der Waals surface area contributed by atoms with E-state index in [0.29, 0.717) is 0 Å². The van der Waals surface area contributed by atoms with Crippen LogP contribution in [0.2, 0.25) is 0 Å². The Balaban J connectivity index is 4.76. The van der Waals surface area contributed by atoms with Crippen LogP contribution in [-0.4, -0.2) is 34.2 Å². The minimum atomic E-state index is -1.09. The van der Waals surface area contributed by atoms with Crippen molar-refractivity contribution in [2.75, 3.05) is 0 Å². The van der Waals surface area contributed by atoms with E-state index in [2.05, 4.69) is 10.2 Å². The molecule has 0 aliphatic rings. The van der Waals surface area contributed by atoms with E-state index in [-0.39, 0.29) is 11.8 Å². The van der Waals surface area contributed by atoms with Gasteiger partial charge in [-0.25, -0.2) is 9.59 Å². The van der Waals surface area contributed by atoms with Gasteiger partial charge in [-0.05, 0) is 11.8 Å². The predicted molar refractivity (Wildman–Crippen MR) is 57.4 cm³/mol. The van der Waals surface area contributed by atoms with E-state index in [0.717, 1.165) is 0 Å². The van der Waals surface area contributed by atoms with Gasteiger partial charge in [-0.3, -0.25) is 0 Å². The Labute approximate surface area is 94.4 Å². The molecule has 0 aliphatic carbocycles. The lowest BCUT2D eigenvalue weighted by Gasteiger charge is -2.13. The zero-order valence-electron chi connectivity index (χ0n) is 9.91. The first-order valence-electron chi connectivity index (χ1n) is 5.13. The van der Waals surface area contributed by atoms with Crippen molar-refractivity contribution < 1.29 is 19.8 Å². The Bertz CT molecular complexity index is 259. The molecule has 0 fully saturated rings. The highest BCUT2D eigenvalue weighted by atomic mass is 16.4. The molecule has 2 unspecified atom stereocenters. The van der Waals surface area contributed by atoms with Crippen molar-refractivity contribution in [2.45, 2.75) is 39.8 Å². The molecular formula is C10H18N2O4. The summed E-state index contributed by atoms with van der Waals surface area (Å²) in [7, 11) is 0. The number of carboxylic acid groups (broad SMARTS) is 2. The largest absolute Gasteiger partial charge is 0.480 e. The molecule has 0 saturated heterocycles. The molecular weight excluding hydrogens is 212 g/mol. The van der Waals surface area contributed by atoms with Crippen molar-refractivity contribution >= 4 is 11.9 Å². The fourth-order valence-corrected chi connectivity index (χ4v) is 1.08. The zero-order chi connectivity index (χ0) is 12.9. The molecule has 0 aromatic rings. The van der Waals surface area contributed by atoms with Gasteiger partial charge in [-0.15, -0.1) is 0 Å². The molecule has 0 bridgehead atoms. The zero-order valence-corrected chi connectivity index (χ0v) is 9.91. The van der Waals surface area contributed by atoms with Gasteiger partial charge in [-0.2, -0.15) is 10.2 Å². The molecule has 2 atom stereocenters. The summed E-state index contributed by atoms with van der Waals surface area (Å²) in [6.07, 6.45) is 0. The second-order valence-corrected chi connectivity index (χ2v) is 4.29. The van der Waals surface area contributed by atoms with Crippen LogP contribution in [0.3, 0.4) is 0 Å². The van der Waals surface area contributed by atoms with Gasteiger partial charge in [0.15, 0.2) is 12.1 Å². The Hall–Kier alpha value is -1.46. The van der Waals surface area contributed by atoms with E-state index < -0.39 is 24.0 Å². The van der Waals surface area contributed by atoms with E-state index in [1.165, 1.54) is 0 Å². The Kier molecular flexibility index (Phi) is 5.63. The number of aliphatic carboxylic acids is 2. The molecule has 0 spiro atoms. The van der Waals surface area contributed by atoms with Gasteiger partial charge in [-0.1, -0.05) is 27.7 Å². The Morgan fingerprint density at radius 2 is 1.06 bits per heavy atom. The molecule has 2 N–H and O–H groups in total. The van der Waals surface area contributed by atoms with Crippen LogP contribution in [-0.2, 0) is 9.59 Å².